The molecule has 11 heteroatoms. The number of rotatable bonds is 6. The van der Waals surface area contributed by atoms with Crippen LogP contribution in [0.1, 0.15) is 33.3 Å². The number of nitrogens with one attached hydrogen (secondary N) is 2. The summed E-state index contributed by atoms with van der Waals surface area (Å²) in [4.78, 5) is 1.36. The summed E-state index contributed by atoms with van der Waals surface area (Å²) in [5, 5.41) is 15.6. The molecule has 3 aromatic rings. The monoisotopic (exact) mass is 478 g/mol. The fraction of sp³-hybridized carbons (Fsp3) is 0.350. The normalized spacial score (nSPS) is 12.7. The SMILES string of the molecule is Cn1nnc(-c2cc(S(=O)(=O)NC(C)(C)C)ccc2Nc2ccc(C(C)(P)P)cc2)n1. The lowest BCUT2D eigenvalue weighted by atomic mass is 10.1. The molecule has 0 amide bonds. The molecule has 1 aromatic heterocycles. The standard InChI is InChI=1S/C20H28N6O2P2S/c1-19(2,3)24-31(27,28)15-10-11-17(16(12-15)18-22-25-26(5)23-18)21-14-8-6-13(7-9-14)20(4,29)30/h6-12,21,24H,29-30H2,1-5H3. The van der Waals surface area contributed by atoms with Crippen molar-refractivity contribution in [2.24, 2.45) is 7.05 Å². The van der Waals surface area contributed by atoms with E-state index in [0.29, 0.717) is 17.1 Å². The highest BCUT2D eigenvalue weighted by molar-refractivity contribution is 7.89. The number of hydrogen-bond acceptors (Lipinski definition) is 6. The van der Waals surface area contributed by atoms with E-state index < -0.39 is 15.6 Å². The van der Waals surface area contributed by atoms with E-state index in [1.807, 2.05) is 24.3 Å². The maximum absolute atomic E-state index is 12.8. The van der Waals surface area contributed by atoms with Gasteiger partial charge in [0.15, 0.2) is 0 Å². The lowest BCUT2D eigenvalue weighted by Crippen LogP contribution is -2.40. The van der Waals surface area contributed by atoms with Crippen LogP contribution in [0.15, 0.2) is 47.4 Å². The van der Waals surface area contributed by atoms with E-state index in [-0.39, 0.29) is 9.79 Å². The molecule has 0 saturated heterocycles. The van der Waals surface area contributed by atoms with Crippen LogP contribution in [0.25, 0.3) is 11.4 Å². The second-order valence-corrected chi connectivity index (χ2v) is 13.4. The first kappa shape index (κ1) is 23.7. The van der Waals surface area contributed by atoms with Crippen molar-refractivity contribution >= 4 is 39.9 Å². The van der Waals surface area contributed by atoms with Crippen molar-refractivity contribution in [2.45, 2.75) is 43.0 Å². The van der Waals surface area contributed by atoms with Crippen molar-refractivity contribution < 1.29 is 8.42 Å². The number of anilines is 2. The van der Waals surface area contributed by atoms with Crippen LogP contribution < -0.4 is 10.0 Å². The van der Waals surface area contributed by atoms with E-state index in [4.69, 9.17) is 0 Å². The quantitative estimate of drug-likeness (QED) is 0.525. The predicted molar refractivity (Wildman–Crippen MR) is 131 cm³/mol. The molecule has 2 atom stereocenters. The van der Waals surface area contributed by atoms with E-state index in [9.17, 15) is 8.42 Å². The molecule has 0 radical (unpaired) electrons. The van der Waals surface area contributed by atoms with Crippen molar-refractivity contribution in [3.05, 3.63) is 48.0 Å². The first-order valence-electron chi connectivity index (χ1n) is 9.62. The third-order valence-corrected chi connectivity index (χ3v) is 6.70. The molecule has 0 bridgehead atoms. The van der Waals surface area contributed by atoms with Gasteiger partial charge in [0.25, 0.3) is 0 Å². The number of sulfonamides is 1. The number of tetrazole rings is 1. The van der Waals surface area contributed by atoms with Crippen molar-refractivity contribution in [3.8, 4) is 11.4 Å². The zero-order chi connectivity index (χ0) is 23.0. The van der Waals surface area contributed by atoms with Crippen molar-refractivity contribution in [3.63, 3.8) is 0 Å². The summed E-state index contributed by atoms with van der Waals surface area (Å²) >= 11 is 0. The minimum absolute atomic E-state index is 0.108. The van der Waals surface area contributed by atoms with Crippen molar-refractivity contribution in [2.75, 3.05) is 5.32 Å². The van der Waals surface area contributed by atoms with Crippen molar-refractivity contribution in [1.82, 2.24) is 24.9 Å². The molecule has 31 heavy (non-hydrogen) atoms. The number of nitrogens with zero attached hydrogens (tertiary/aromatic N) is 4. The van der Waals surface area contributed by atoms with E-state index in [2.05, 4.69) is 50.9 Å². The second-order valence-electron chi connectivity index (χ2n) is 8.65. The van der Waals surface area contributed by atoms with Gasteiger partial charge in [0.2, 0.25) is 15.8 Å². The number of hydrogen-bond donors (Lipinski definition) is 2. The van der Waals surface area contributed by atoms with E-state index >= 15 is 0 Å². The zero-order valence-electron chi connectivity index (χ0n) is 18.2. The van der Waals surface area contributed by atoms with Crippen LogP contribution in [-0.4, -0.2) is 34.2 Å². The third-order valence-electron chi connectivity index (χ3n) is 4.28. The molecule has 3 rings (SSSR count). The molecule has 166 valence electrons. The highest BCUT2D eigenvalue weighted by atomic mass is 32.2. The maximum Gasteiger partial charge on any atom is 0.241 e. The predicted octanol–water partition coefficient (Wildman–Crippen LogP) is 3.62. The van der Waals surface area contributed by atoms with Gasteiger partial charge in [-0.25, -0.2) is 13.1 Å². The van der Waals surface area contributed by atoms with E-state index in [1.54, 1.807) is 46.0 Å². The van der Waals surface area contributed by atoms with Gasteiger partial charge >= 0.3 is 0 Å². The van der Waals surface area contributed by atoms with Crippen LogP contribution in [0.5, 0.6) is 0 Å². The molecule has 1 heterocycles. The fourth-order valence-electron chi connectivity index (χ4n) is 2.91. The molecule has 0 fully saturated rings. The third kappa shape index (κ3) is 6.07. The van der Waals surface area contributed by atoms with Crippen LogP contribution in [0, 0.1) is 0 Å². The Labute approximate surface area is 188 Å². The van der Waals surface area contributed by atoms with Crippen molar-refractivity contribution in [1.29, 1.82) is 0 Å². The summed E-state index contributed by atoms with van der Waals surface area (Å²) in [5.74, 6) is 0.330. The summed E-state index contributed by atoms with van der Waals surface area (Å²) < 4.78 is 28.4. The Morgan fingerprint density at radius 3 is 2.16 bits per heavy atom. The molecule has 0 saturated carbocycles. The van der Waals surface area contributed by atoms with Gasteiger partial charge in [-0.3, -0.25) is 0 Å². The highest BCUT2D eigenvalue weighted by Crippen LogP contribution is 2.38. The summed E-state index contributed by atoms with van der Waals surface area (Å²) in [6.07, 6.45) is 0. The van der Waals surface area contributed by atoms with Crippen LogP contribution in [0.2, 0.25) is 0 Å². The summed E-state index contributed by atoms with van der Waals surface area (Å²) in [6.45, 7) is 7.48. The molecular formula is C20H28N6O2P2S. The summed E-state index contributed by atoms with van der Waals surface area (Å²) in [7, 11) is 3.53. The van der Waals surface area contributed by atoms with Gasteiger partial charge in [-0.1, -0.05) is 12.1 Å². The van der Waals surface area contributed by atoms with Gasteiger partial charge in [0.05, 0.1) is 11.9 Å². The zero-order valence-corrected chi connectivity index (χ0v) is 21.3. The fourth-order valence-corrected chi connectivity index (χ4v) is 4.74. The molecule has 8 nitrogen and oxygen atoms in total. The number of benzene rings is 2. The Hall–Kier alpha value is -1.92. The first-order valence-corrected chi connectivity index (χ1v) is 12.3. The van der Waals surface area contributed by atoms with Gasteiger partial charge in [0.1, 0.15) is 0 Å². The summed E-state index contributed by atoms with van der Waals surface area (Å²) in [6, 6.07) is 12.9. The molecule has 0 aliphatic rings. The van der Waals surface area contributed by atoms with Gasteiger partial charge < -0.3 is 5.32 Å². The maximum atomic E-state index is 12.8. The van der Waals surface area contributed by atoms with Gasteiger partial charge in [-0.15, -0.1) is 28.7 Å². The van der Waals surface area contributed by atoms with Crippen LogP contribution in [0.4, 0.5) is 11.4 Å². The number of aryl methyl sites for hydroxylation is 1. The molecule has 2 aromatic carbocycles. The highest BCUT2D eigenvalue weighted by Gasteiger charge is 2.24. The Balaban J connectivity index is 2.02. The molecule has 2 unspecified atom stereocenters. The van der Waals surface area contributed by atoms with E-state index in [1.165, 1.54) is 4.80 Å². The Bertz CT molecular complexity index is 1180. The minimum atomic E-state index is -3.72. The largest absolute Gasteiger partial charge is 0.355 e. The van der Waals surface area contributed by atoms with E-state index in [0.717, 1.165) is 11.3 Å². The van der Waals surface area contributed by atoms with Crippen LogP contribution >= 0.6 is 18.5 Å². The Morgan fingerprint density at radius 2 is 1.65 bits per heavy atom. The molecule has 0 aliphatic heterocycles. The Kier molecular flexibility index (Phi) is 6.55. The summed E-state index contributed by atoms with van der Waals surface area (Å²) in [5.41, 5.74) is 2.62. The lowest BCUT2D eigenvalue weighted by molar-refractivity contribution is 0.491. The minimum Gasteiger partial charge on any atom is -0.355 e. The smallest absolute Gasteiger partial charge is 0.241 e. The molecule has 0 spiro atoms. The molecule has 2 N–H and O–H groups in total. The Morgan fingerprint density at radius 1 is 1.00 bits per heavy atom. The second kappa shape index (κ2) is 8.55. The van der Waals surface area contributed by atoms with Crippen LogP contribution in [0.3, 0.4) is 0 Å². The average molecular weight is 478 g/mol. The molecular weight excluding hydrogens is 450 g/mol. The van der Waals surface area contributed by atoms with Gasteiger partial charge in [-0.05, 0) is 68.8 Å². The van der Waals surface area contributed by atoms with Gasteiger partial charge in [-0.2, -0.15) is 4.80 Å². The topological polar surface area (TPSA) is 102 Å². The lowest BCUT2D eigenvalue weighted by Gasteiger charge is -2.21. The average Bonchev–Trinajstić information content (AvgIpc) is 3.06. The van der Waals surface area contributed by atoms with Gasteiger partial charge in [0, 0.05) is 27.4 Å². The number of aromatic nitrogens is 4. The molecule has 0 aliphatic carbocycles. The van der Waals surface area contributed by atoms with Crippen LogP contribution in [-0.2, 0) is 22.0 Å². The first-order chi connectivity index (χ1) is 14.2.